The van der Waals surface area contributed by atoms with Gasteiger partial charge in [0.1, 0.15) is 6.33 Å². The van der Waals surface area contributed by atoms with E-state index in [4.69, 9.17) is 34.8 Å². The number of aromatic nitrogens is 5. The minimum Gasteiger partial charge on any atom is -0.293 e. The Kier molecular flexibility index (Phi) is 6.37. The molecule has 1 fully saturated rings. The second-order valence-corrected chi connectivity index (χ2v) is 8.56. The molecule has 0 atom stereocenters. The molecule has 1 amide bonds. The van der Waals surface area contributed by atoms with Crippen molar-refractivity contribution in [2.24, 2.45) is 0 Å². The molecule has 1 aliphatic rings. The van der Waals surface area contributed by atoms with E-state index < -0.39 is 17.8 Å². The molecule has 0 spiro atoms. The minimum absolute atomic E-state index is 0.0471. The summed E-state index contributed by atoms with van der Waals surface area (Å²) in [5.41, 5.74) is -0.0285. The fourth-order valence-corrected chi connectivity index (χ4v) is 4.06. The Balaban J connectivity index is 1.38. The van der Waals surface area contributed by atoms with Crippen molar-refractivity contribution in [1.82, 2.24) is 24.5 Å². The van der Waals surface area contributed by atoms with Gasteiger partial charge in [-0.2, -0.15) is 18.3 Å². The van der Waals surface area contributed by atoms with Crippen molar-refractivity contribution in [1.29, 1.82) is 0 Å². The van der Waals surface area contributed by atoms with Crippen molar-refractivity contribution in [3.63, 3.8) is 0 Å². The molecular formula is C19H16Cl3F3N6O. The van der Waals surface area contributed by atoms with Crippen LogP contribution in [0.2, 0.25) is 15.1 Å². The molecule has 13 heteroatoms. The summed E-state index contributed by atoms with van der Waals surface area (Å²) in [5, 5.41) is 10.9. The molecule has 32 heavy (non-hydrogen) atoms. The van der Waals surface area contributed by atoms with Crippen molar-refractivity contribution < 1.29 is 18.0 Å². The molecule has 2 heterocycles. The summed E-state index contributed by atoms with van der Waals surface area (Å²) in [6.45, 7) is 0.268. The number of amides is 1. The van der Waals surface area contributed by atoms with Gasteiger partial charge in [-0.05, 0) is 30.5 Å². The number of anilines is 1. The predicted octanol–water partition coefficient (Wildman–Crippen LogP) is 5.41. The van der Waals surface area contributed by atoms with Gasteiger partial charge in [-0.3, -0.25) is 14.8 Å². The summed E-state index contributed by atoms with van der Waals surface area (Å²) in [6, 6.07) is 5.07. The van der Waals surface area contributed by atoms with E-state index in [1.165, 1.54) is 15.7 Å². The van der Waals surface area contributed by atoms with Gasteiger partial charge in [0.25, 0.3) is 0 Å². The van der Waals surface area contributed by atoms with Crippen LogP contribution in [0.1, 0.15) is 42.1 Å². The summed E-state index contributed by atoms with van der Waals surface area (Å²) >= 11 is 18.0. The van der Waals surface area contributed by atoms with Crippen LogP contribution in [-0.4, -0.2) is 30.5 Å². The predicted molar refractivity (Wildman–Crippen MR) is 113 cm³/mol. The van der Waals surface area contributed by atoms with Gasteiger partial charge in [-0.1, -0.05) is 40.9 Å². The van der Waals surface area contributed by atoms with Crippen LogP contribution >= 0.6 is 34.8 Å². The normalized spacial score (nSPS) is 14.1. The quantitative estimate of drug-likeness (QED) is 0.464. The highest BCUT2D eigenvalue weighted by Crippen LogP contribution is 2.46. The summed E-state index contributed by atoms with van der Waals surface area (Å²) in [7, 11) is 0. The first-order chi connectivity index (χ1) is 15.1. The zero-order valence-electron chi connectivity index (χ0n) is 16.3. The van der Waals surface area contributed by atoms with E-state index in [1.54, 1.807) is 18.2 Å². The molecule has 4 rings (SSSR count). The number of benzene rings is 1. The van der Waals surface area contributed by atoms with Crippen LogP contribution in [0, 0.1) is 0 Å². The number of carbonyl (C=O) groups is 1. The highest BCUT2D eigenvalue weighted by molar-refractivity contribution is 6.35. The standard InChI is InChI=1S/C19H16Cl3F3N6O/c20-12-4-3-11(13(21)7-12)8-30-9-26-18(29-30)27-14(32)5-6-31-16(10-1-2-10)15(22)17(28-31)19(23,24)25/h3-4,7,9-10H,1-2,5-6,8H2,(H,27,29,32). The fraction of sp³-hybridized carbons (Fsp3) is 0.368. The lowest BCUT2D eigenvalue weighted by Gasteiger charge is -2.07. The third-order valence-electron chi connectivity index (χ3n) is 4.85. The van der Waals surface area contributed by atoms with E-state index in [-0.39, 0.29) is 29.9 Å². The van der Waals surface area contributed by atoms with E-state index in [2.05, 4.69) is 20.5 Å². The first-order valence-corrected chi connectivity index (χ1v) is 10.7. The molecule has 0 bridgehead atoms. The Morgan fingerprint density at radius 3 is 2.59 bits per heavy atom. The van der Waals surface area contributed by atoms with Gasteiger partial charge in [0, 0.05) is 22.4 Å². The lowest BCUT2D eigenvalue weighted by molar-refractivity contribution is -0.141. The summed E-state index contributed by atoms with van der Waals surface area (Å²) in [6.07, 6.45) is -1.86. The molecule has 3 aromatic rings. The van der Waals surface area contributed by atoms with Crippen LogP contribution in [-0.2, 0) is 24.1 Å². The minimum atomic E-state index is -4.65. The Bertz CT molecular complexity index is 1160. The molecule has 0 saturated heterocycles. The smallest absolute Gasteiger partial charge is 0.293 e. The Morgan fingerprint density at radius 1 is 1.19 bits per heavy atom. The highest BCUT2D eigenvalue weighted by atomic mass is 35.5. The monoisotopic (exact) mass is 506 g/mol. The van der Waals surface area contributed by atoms with Crippen LogP contribution in [0.15, 0.2) is 24.5 Å². The number of nitrogens with one attached hydrogen (secondary N) is 1. The van der Waals surface area contributed by atoms with Crippen LogP contribution in [0.5, 0.6) is 0 Å². The zero-order chi connectivity index (χ0) is 23.0. The Morgan fingerprint density at radius 2 is 1.94 bits per heavy atom. The summed E-state index contributed by atoms with van der Waals surface area (Å²) < 4.78 is 42.1. The van der Waals surface area contributed by atoms with Gasteiger partial charge in [0.2, 0.25) is 11.9 Å². The van der Waals surface area contributed by atoms with Crippen molar-refractivity contribution in [2.75, 3.05) is 5.32 Å². The largest absolute Gasteiger partial charge is 0.436 e. The third kappa shape index (κ3) is 5.19. The second-order valence-electron chi connectivity index (χ2n) is 7.34. The molecular weight excluding hydrogens is 492 g/mol. The maximum atomic E-state index is 13.1. The average molecular weight is 508 g/mol. The second kappa shape index (κ2) is 8.92. The van der Waals surface area contributed by atoms with Crippen LogP contribution < -0.4 is 5.32 Å². The van der Waals surface area contributed by atoms with Gasteiger partial charge in [0.05, 0.1) is 23.8 Å². The van der Waals surface area contributed by atoms with Gasteiger partial charge < -0.3 is 0 Å². The fourth-order valence-electron chi connectivity index (χ4n) is 3.20. The molecule has 2 aromatic heterocycles. The molecule has 1 aliphatic carbocycles. The number of aryl methyl sites for hydroxylation is 1. The highest BCUT2D eigenvalue weighted by Gasteiger charge is 2.42. The van der Waals surface area contributed by atoms with Crippen molar-refractivity contribution in [3.8, 4) is 0 Å². The van der Waals surface area contributed by atoms with Crippen LogP contribution in [0.3, 0.4) is 0 Å². The number of nitrogens with zero attached hydrogens (tertiary/aromatic N) is 5. The molecule has 1 N–H and O–H groups in total. The lowest BCUT2D eigenvalue weighted by Crippen LogP contribution is -2.17. The molecule has 170 valence electrons. The van der Waals surface area contributed by atoms with Gasteiger partial charge in [0.15, 0.2) is 5.69 Å². The first-order valence-electron chi connectivity index (χ1n) is 9.58. The maximum Gasteiger partial charge on any atom is 0.436 e. The number of carbonyl (C=O) groups excluding carboxylic acids is 1. The Labute approximate surface area is 195 Å². The molecule has 7 nitrogen and oxygen atoms in total. The van der Waals surface area contributed by atoms with E-state index in [1.807, 2.05) is 0 Å². The maximum absolute atomic E-state index is 13.1. The third-order valence-corrected chi connectivity index (χ3v) is 5.81. The van der Waals surface area contributed by atoms with Crippen molar-refractivity contribution in [2.45, 2.75) is 44.4 Å². The van der Waals surface area contributed by atoms with Crippen molar-refractivity contribution >= 4 is 46.7 Å². The Hall–Kier alpha value is -2.30. The average Bonchev–Trinajstić information content (AvgIpc) is 3.34. The molecule has 0 unspecified atom stereocenters. The summed E-state index contributed by atoms with van der Waals surface area (Å²) in [5.74, 6) is -0.461. The van der Waals surface area contributed by atoms with Crippen LogP contribution in [0.4, 0.5) is 19.1 Å². The molecule has 0 aliphatic heterocycles. The molecule has 1 saturated carbocycles. The first kappa shape index (κ1) is 22.9. The van der Waals surface area contributed by atoms with Gasteiger partial charge >= 0.3 is 6.18 Å². The number of hydrogen-bond acceptors (Lipinski definition) is 4. The number of halogens is 6. The summed E-state index contributed by atoms with van der Waals surface area (Å²) in [4.78, 5) is 16.3. The number of hydrogen-bond donors (Lipinski definition) is 1. The molecule has 0 radical (unpaired) electrons. The molecule has 1 aromatic carbocycles. The van der Waals surface area contributed by atoms with E-state index in [0.29, 0.717) is 22.3 Å². The lowest BCUT2D eigenvalue weighted by atomic mass is 10.2. The topological polar surface area (TPSA) is 77.6 Å². The van der Waals surface area contributed by atoms with Gasteiger partial charge in [-0.15, -0.1) is 5.10 Å². The van der Waals surface area contributed by atoms with E-state index in [0.717, 1.165) is 18.4 Å². The van der Waals surface area contributed by atoms with Gasteiger partial charge in [-0.25, -0.2) is 9.67 Å². The SMILES string of the molecule is O=C(CCn1nc(C(F)(F)F)c(Cl)c1C1CC1)Nc1ncn(Cc2ccc(Cl)cc2Cl)n1. The van der Waals surface area contributed by atoms with Crippen molar-refractivity contribution in [3.05, 3.63) is 56.5 Å². The number of rotatable bonds is 7. The van der Waals surface area contributed by atoms with E-state index in [9.17, 15) is 18.0 Å². The van der Waals surface area contributed by atoms with E-state index >= 15 is 0 Å². The number of alkyl halides is 3. The van der Waals surface area contributed by atoms with Crippen LogP contribution in [0.25, 0.3) is 0 Å². The zero-order valence-corrected chi connectivity index (χ0v) is 18.6.